The first-order valence-corrected chi connectivity index (χ1v) is 8.16. The van der Waals surface area contributed by atoms with Crippen molar-refractivity contribution in [3.05, 3.63) is 34.9 Å². The molecular weight excluding hydrogens is 412 g/mol. The minimum atomic E-state index is -5.17. The number of amides is 1. The zero-order valence-electron chi connectivity index (χ0n) is 15.1. The highest BCUT2D eigenvalue weighted by atomic mass is 19.4. The summed E-state index contributed by atoms with van der Waals surface area (Å²) in [6.07, 6.45) is -10.8. The number of carbonyl (C=O) groups excluding carboxylic acids is 2. The molecule has 0 unspecified atom stereocenters. The van der Waals surface area contributed by atoms with Crippen molar-refractivity contribution in [1.29, 1.82) is 0 Å². The van der Waals surface area contributed by atoms with E-state index in [1.54, 1.807) is 0 Å². The summed E-state index contributed by atoms with van der Waals surface area (Å²) >= 11 is 0. The molecule has 1 amide bonds. The number of carboxylic acid groups (broad SMARTS) is 1. The Hall–Kier alpha value is -2.79. The highest BCUT2D eigenvalue weighted by Crippen LogP contribution is 2.36. The molecule has 0 spiro atoms. The van der Waals surface area contributed by atoms with Gasteiger partial charge in [0.05, 0.1) is 23.7 Å². The summed E-state index contributed by atoms with van der Waals surface area (Å²) in [5, 5.41) is 11.0. The van der Waals surface area contributed by atoms with E-state index < -0.39 is 65.3 Å². The lowest BCUT2D eigenvalue weighted by Gasteiger charge is -2.19. The summed E-state index contributed by atoms with van der Waals surface area (Å²) in [5.74, 6) is -4.86. The summed E-state index contributed by atoms with van der Waals surface area (Å²) in [7, 11) is 0. The molecule has 0 saturated carbocycles. The van der Waals surface area contributed by atoms with Gasteiger partial charge in [0.15, 0.2) is 0 Å². The monoisotopic (exact) mass is 429 g/mol. The minimum Gasteiger partial charge on any atom is -0.480 e. The van der Waals surface area contributed by atoms with E-state index in [9.17, 15) is 45.8 Å². The van der Waals surface area contributed by atoms with Gasteiger partial charge in [-0.3, -0.25) is 9.59 Å². The van der Waals surface area contributed by atoms with Crippen LogP contribution in [-0.2, 0) is 26.7 Å². The van der Waals surface area contributed by atoms with Gasteiger partial charge in [-0.2, -0.15) is 26.3 Å². The summed E-state index contributed by atoms with van der Waals surface area (Å²) < 4.78 is 82.0. The van der Waals surface area contributed by atoms with Crippen LogP contribution in [-0.4, -0.2) is 35.6 Å². The number of carbonyl (C=O) groups is 3. The van der Waals surface area contributed by atoms with Crippen LogP contribution in [0.2, 0.25) is 0 Å². The van der Waals surface area contributed by atoms with Crippen molar-refractivity contribution in [3.8, 4) is 0 Å². The van der Waals surface area contributed by atoms with Crippen LogP contribution in [0.4, 0.5) is 26.3 Å². The number of halogens is 6. The SMILES string of the molecule is CCOC(=O)[C@@H](C)C[C@H](NC(=O)c1cc(C(F)(F)F)cc(C(F)(F)F)c1)C(=O)O. The van der Waals surface area contributed by atoms with Crippen LogP contribution in [0.15, 0.2) is 18.2 Å². The Balaban J connectivity index is 3.17. The van der Waals surface area contributed by atoms with Crippen LogP contribution in [0.1, 0.15) is 41.8 Å². The van der Waals surface area contributed by atoms with Crippen LogP contribution >= 0.6 is 0 Å². The van der Waals surface area contributed by atoms with Gasteiger partial charge in [-0.25, -0.2) is 4.79 Å². The molecule has 0 aliphatic rings. The largest absolute Gasteiger partial charge is 0.480 e. The van der Waals surface area contributed by atoms with E-state index in [1.165, 1.54) is 13.8 Å². The van der Waals surface area contributed by atoms with Gasteiger partial charge in [-0.15, -0.1) is 0 Å². The molecule has 29 heavy (non-hydrogen) atoms. The molecule has 1 aromatic rings. The molecule has 162 valence electrons. The Bertz CT molecular complexity index is 742. The topological polar surface area (TPSA) is 92.7 Å². The second-order valence-corrected chi connectivity index (χ2v) is 6.05. The lowest BCUT2D eigenvalue weighted by Crippen LogP contribution is -2.43. The molecule has 0 bridgehead atoms. The Kier molecular flexibility index (Phi) is 7.64. The number of nitrogens with one attached hydrogen (secondary N) is 1. The number of hydrogen-bond acceptors (Lipinski definition) is 4. The van der Waals surface area contributed by atoms with Gasteiger partial charge in [-0.05, 0) is 31.5 Å². The predicted octanol–water partition coefficient (Wildman–Crippen LogP) is 3.50. The van der Waals surface area contributed by atoms with Gasteiger partial charge in [0, 0.05) is 5.56 Å². The maximum atomic E-state index is 12.9. The van der Waals surface area contributed by atoms with E-state index in [1.807, 2.05) is 5.32 Å². The van der Waals surface area contributed by atoms with Gasteiger partial charge in [0.2, 0.25) is 0 Å². The third-order valence-corrected chi connectivity index (χ3v) is 3.73. The standard InChI is InChI=1S/C17H17F6NO5/c1-3-29-15(28)8(2)4-12(14(26)27)24-13(25)9-5-10(16(18,19)20)7-11(6-9)17(21,22)23/h5-8,12H,3-4H2,1-2H3,(H,24,25)(H,26,27)/t8-,12-/m0/s1. The molecule has 12 heteroatoms. The lowest BCUT2D eigenvalue weighted by atomic mass is 10.0. The Morgan fingerprint density at radius 3 is 1.90 bits per heavy atom. The quantitative estimate of drug-likeness (QED) is 0.511. The van der Waals surface area contributed by atoms with Crippen molar-refractivity contribution in [2.45, 2.75) is 38.7 Å². The van der Waals surface area contributed by atoms with Gasteiger partial charge < -0.3 is 15.2 Å². The second kappa shape index (κ2) is 9.14. The second-order valence-electron chi connectivity index (χ2n) is 6.05. The maximum absolute atomic E-state index is 12.9. The van der Waals surface area contributed by atoms with Crippen LogP contribution in [0, 0.1) is 5.92 Å². The van der Waals surface area contributed by atoms with E-state index >= 15 is 0 Å². The van der Waals surface area contributed by atoms with Crippen molar-refractivity contribution in [1.82, 2.24) is 5.32 Å². The zero-order valence-corrected chi connectivity index (χ0v) is 15.1. The van der Waals surface area contributed by atoms with Gasteiger partial charge in [0.1, 0.15) is 6.04 Å². The molecule has 0 radical (unpaired) electrons. The first kappa shape index (κ1) is 24.2. The van der Waals surface area contributed by atoms with E-state index in [0.29, 0.717) is 0 Å². The molecule has 1 aromatic carbocycles. The average molecular weight is 429 g/mol. The van der Waals surface area contributed by atoms with Crippen LogP contribution < -0.4 is 5.32 Å². The average Bonchev–Trinajstić information content (AvgIpc) is 2.59. The number of benzene rings is 1. The van der Waals surface area contributed by atoms with Crippen molar-refractivity contribution in [3.63, 3.8) is 0 Å². The Morgan fingerprint density at radius 1 is 1.03 bits per heavy atom. The fraction of sp³-hybridized carbons (Fsp3) is 0.471. The van der Waals surface area contributed by atoms with Gasteiger partial charge >= 0.3 is 24.3 Å². The summed E-state index contributed by atoms with van der Waals surface area (Å²) in [6, 6.07) is -1.55. The van der Waals surface area contributed by atoms with Crippen molar-refractivity contribution in [2.24, 2.45) is 5.92 Å². The lowest BCUT2D eigenvalue weighted by molar-refractivity contribution is -0.149. The molecule has 6 nitrogen and oxygen atoms in total. The molecule has 0 aliphatic carbocycles. The highest BCUT2D eigenvalue weighted by Gasteiger charge is 2.38. The van der Waals surface area contributed by atoms with Crippen LogP contribution in [0.3, 0.4) is 0 Å². The fourth-order valence-corrected chi connectivity index (χ4v) is 2.28. The Morgan fingerprint density at radius 2 is 1.52 bits per heavy atom. The molecule has 0 aromatic heterocycles. The summed E-state index contributed by atoms with van der Waals surface area (Å²) in [5.41, 5.74) is -4.46. The molecule has 0 heterocycles. The third-order valence-electron chi connectivity index (χ3n) is 3.73. The zero-order chi connectivity index (χ0) is 22.6. The Labute approximate surface area is 160 Å². The van der Waals surface area contributed by atoms with E-state index in [-0.39, 0.29) is 24.8 Å². The molecular formula is C17H17F6NO5. The number of rotatable bonds is 7. The maximum Gasteiger partial charge on any atom is 0.416 e. The number of esters is 1. The first-order valence-electron chi connectivity index (χ1n) is 8.16. The minimum absolute atomic E-state index is 0.0116. The number of ether oxygens (including phenoxy) is 1. The van der Waals surface area contributed by atoms with E-state index in [2.05, 4.69) is 4.74 Å². The van der Waals surface area contributed by atoms with Gasteiger partial charge in [-0.1, -0.05) is 6.92 Å². The number of hydrogen-bond donors (Lipinski definition) is 2. The van der Waals surface area contributed by atoms with Crippen LogP contribution in [0.25, 0.3) is 0 Å². The highest BCUT2D eigenvalue weighted by molar-refractivity contribution is 5.97. The third kappa shape index (κ3) is 6.95. The molecule has 2 atom stereocenters. The predicted molar refractivity (Wildman–Crippen MR) is 85.8 cm³/mol. The smallest absolute Gasteiger partial charge is 0.416 e. The molecule has 1 rings (SSSR count). The fourth-order valence-electron chi connectivity index (χ4n) is 2.28. The van der Waals surface area contributed by atoms with Crippen molar-refractivity contribution < 1.29 is 50.6 Å². The molecule has 2 N–H and O–H groups in total. The summed E-state index contributed by atoms with van der Waals surface area (Å²) in [6.45, 7) is 2.82. The van der Waals surface area contributed by atoms with Gasteiger partial charge in [0.25, 0.3) is 5.91 Å². The van der Waals surface area contributed by atoms with E-state index in [0.717, 1.165) is 0 Å². The van der Waals surface area contributed by atoms with Crippen molar-refractivity contribution >= 4 is 17.8 Å². The molecule has 0 saturated heterocycles. The molecule has 0 fully saturated rings. The number of alkyl halides is 6. The first-order chi connectivity index (χ1) is 13.2. The van der Waals surface area contributed by atoms with E-state index in [4.69, 9.17) is 0 Å². The molecule has 0 aliphatic heterocycles. The number of carboxylic acids is 1. The number of aliphatic carboxylic acids is 1. The normalized spacial score (nSPS) is 14.1. The van der Waals surface area contributed by atoms with Crippen LogP contribution in [0.5, 0.6) is 0 Å². The summed E-state index contributed by atoms with van der Waals surface area (Å²) in [4.78, 5) is 35.1. The van der Waals surface area contributed by atoms with Crippen molar-refractivity contribution in [2.75, 3.05) is 6.61 Å².